The molecule has 2 rings (SSSR count). The molecular formula is C16H23N3O2. The Bertz CT molecular complexity index is 599. The summed E-state index contributed by atoms with van der Waals surface area (Å²) in [7, 11) is 3.28. The molecule has 0 atom stereocenters. The zero-order valence-electron chi connectivity index (χ0n) is 13.1. The number of rotatable bonds is 7. The number of nitrogens with zero attached hydrogens (tertiary/aromatic N) is 1. The van der Waals surface area contributed by atoms with Crippen molar-refractivity contribution in [1.29, 1.82) is 0 Å². The minimum absolute atomic E-state index is 0.483. The predicted octanol–water partition coefficient (Wildman–Crippen LogP) is 2.66. The summed E-state index contributed by atoms with van der Waals surface area (Å²) in [6.45, 7) is 5.97. The maximum absolute atomic E-state index is 5.36. The fourth-order valence-corrected chi connectivity index (χ4v) is 2.18. The van der Waals surface area contributed by atoms with Crippen molar-refractivity contribution >= 4 is 16.6 Å². The molecule has 0 aliphatic rings. The van der Waals surface area contributed by atoms with E-state index < -0.39 is 0 Å². The molecule has 0 saturated heterocycles. The van der Waals surface area contributed by atoms with Crippen LogP contribution in [0.15, 0.2) is 24.4 Å². The van der Waals surface area contributed by atoms with Gasteiger partial charge in [-0.2, -0.15) is 0 Å². The quantitative estimate of drug-likeness (QED) is 0.768. The van der Waals surface area contributed by atoms with Gasteiger partial charge < -0.3 is 20.1 Å². The molecular weight excluding hydrogens is 266 g/mol. The van der Waals surface area contributed by atoms with Crippen LogP contribution in [0.2, 0.25) is 0 Å². The first-order valence-corrected chi connectivity index (χ1v) is 7.13. The number of hydrogen-bond donors (Lipinski definition) is 2. The molecule has 1 aromatic heterocycles. The Labute approximate surface area is 125 Å². The van der Waals surface area contributed by atoms with E-state index in [1.807, 2.05) is 18.2 Å². The lowest BCUT2D eigenvalue weighted by atomic mass is 10.1. The van der Waals surface area contributed by atoms with E-state index in [-0.39, 0.29) is 0 Å². The minimum atomic E-state index is 0.483. The van der Waals surface area contributed by atoms with Crippen molar-refractivity contribution in [3.8, 4) is 11.5 Å². The number of benzene rings is 1. The van der Waals surface area contributed by atoms with Gasteiger partial charge in [0, 0.05) is 30.7 Å². The van der Waals surface area contributed by atoms with Gasteiger partial charge in [-0.1, -0.05) is 13.8 Å². The third kappa shape index (κ3) is 3.76. The number of ether oxygens (including phenoxy) is 2. The Balaban J connectivity index is 2.23. The van der Waals surface area contributed by atoms with Gasteiger partial charge in [-0.3, -0.25) is 0 Å². The highest BCUT2D eigenvalue weighted by atomic mass is 16.5. The van der Waals surface area contributed by atoms with E-state index in [0.717, 1.165) is 35.4 Å². The molecule has 0 spiro atoms. The molecule has 114 valence electrons. The average Bonchev–Trinajstić information content (AvgIpc) is 2.49. The van der Waals surface area contributed by atoms with Gasteiger partial charge in [0.2, 0.25) is 0 Å². The molecule has 0 fully saturated rings. The topological polar surface area (TPSA) is 55.4 Å². The van der Waals surface area contributed by atoms with Gasteiger partial charge >= 0.3 is 0 Å². The van der Waals surface area contributed by atoms with Gasteiger partial charge in [0.25, 0.3) is 0 Å². The Morgan fingerprint density at radius 1 is 1.10 bits per heavy atom. The van der Waals surface area contributed by atoms with Crippen LogP contribution in [0.1, 0.15) is 13.8 Å². The van der Waals surface area contributed by atoms with E-state index in [4.69, 9.17) is 9.47 Å². The van der Waals surface area contributed by atoms with Gasteiger partial charge in [0.15, 0.2) is 11.5 Å². The molecule has 21 heavy (non-hydrogen) atoms. The lowest BCUT2D eigenvalue weighted by Crippen LogP contribution is -2.28. The van der Waals surface area contributed by atoms with Gasteiger partial charge in [0.05, 0.1) is 14.2 Å². The SMILES string of the molecule is COc1cc2ccnc(NCCNC(C)C)c2cc1OC. The first-order valence-electron chi connectivity index (χ1n) is 7.13. The van der Waals surface area contributed by atoms with E-state index in [1.165, 1.54) is 0 Å². The van der Waals surface area contributed by atoms with E-state index >= 15 is 0 Å². The third-order valence-corrected chi connectivity index (χ3v) is 3.24. The summed E-state index contributed by atoms with van der Waals surface area (Å²) >= 11 is 0. The van der Waals surface area contributed by atoms with E-state index in [0.29, 0.717) is 11.8 Å². The van der Waals surface area contributed by atoms with Crippen molar-refractivity contribution in [2.75, 3.05) is 32.6 Å². The number of hydrogen-bond acceptors (Lipinski definition) is 5. The summed E-state index contributed by atoms with van der Waals surface area (Å²) in [5, 5.41) is 8.83. The van der Waals surface area contributed by atoms with Gasteiger partial charge in [-0.25, -0.2) is 4.98 Å². The average molecular weight is 289 g/mol. The Hall–Kier alpha value is -2.01. The Kier molecular flexibility index (Phi) is 5.22. The highest BCUT2D eigenvalue weighted by Gasteiger charge is 2.09. The Morgan fingerprint density at radius 2 is 1.81 bits per heavy atom. The van der Waals surface area contributed by atoms with E-state index in [1.54, 1.807) is 20.4 Å². The molecule has 0 bridgehead atoms. The number of aromatic nitrogens is 1. The molecule has 0 saturated carbocycles. The first-order chi connectivity index (χ1) is 10.2. The summed E-state index contributed by atoms with van der Waals surface area (Å²) in [5.74, 6) is 2.30. The maximum atomic E-state index is 5.36. The third-order valence-electron chi connectivity index (χ3n) is 3.24. The van der Waals surface area contributed by atoms with E-state index in [9.17, 15) is 0 Å². The molecule has 0 amide bonds. The lowest BCUT2D eigenvalue weighted by Gasteiger charge is -2.13. The summed E-state index contributed by atoms with van der Waals surface area (Å²) < 4.78 is 10.7. The molecule has 5 heteroatoms. The summed E-state index contributed by atoms with van der Waals surface area (Å²) in [4.78, 5) is 4.42. The molecule has 2 aromatic rings. The molecule has 2 N–H and O–H groups in total. The van der Waals surface area contributed by atoms with Gasteiger partial charge in [-0.15, -0.1) is 0 Å². The highest BCUT2D eigenvalue weighted by Crippen LogP contribution is 2.34. The van der Waals surface area contributed by atoms with Crippen molar-refractivity contribution < 1.29 is 9.47 Å². The van der Waals surface area contributed by atoms with Crippen LogP contribution in [-0.4, -0.2) is 38.3 Å². The van der Waals surface area contributed by atoms with Crippen molar-refractivity contribution in [2.24, 2.45) is 0 Å². The summed E-state index contributed by atoms with van der Waals surface area (Å²) in [6.07, 6.45) is 1.80. The van der Waals surface area contributed by atoms with Crippen molar-refractivity contribution in [2.45, 2.75) is 19.9 Å². The maximum Gasteiger partial charge on any atom is 0.161 e. The van der Waals surface area contributed by atoms with Crippen LogP contribution >= 0.6 is 0 Å². The largest absolute Gasteiger partial charge is 0.493 e. The highest BCUT2D eigenvalue weighted by molar-refractivity contribution is 5.94. The lowest BCUT2D eigenvalue weighted by molar-refractivity contribution is 0.356. The smallest absolute Gasteiger partial charge is 0.161 e. The molecule has 0 unspecified atom stereocenters. The monoisotopic (exact) mass is 289 g/mol. The summed E-state index contributed by atoms with van der Waals surface area (Å²) in [6, 6.07) is 6.37. The Morgan fingerprint density at radius 3 is 2.48 bits per heavy atom. The zero-order valence-corrected chi connectivity index (χ0v) is 13.1. The molecule has 5 nitrogen and oxygen atoms in total. The number of pyridine rings is 1. The van der Waals surface area contributed by atoms with Crippen LogP contribution in [0.5, 0.6) is 11.5 Å². The molecule has 1 aromatic carbocycles. The minimum Gasteiger partial charge on any atom is -0.493 e. The van der Waals surface area contributed by atoms with Crippen molar-refractivity contribution in [3.63, 3.8) is 0 Å². The van der Waals surface area contributed by atoms with Crippen molar-refractivity contribution in [3.05, 3.63) is 24.4 Å². The van der Waals surface area contributed by atoms with E-state index in [2.05, 4.69) is 29.5 Å². The second-order valence-electron chi connectivity index (χ2n) is 5.12. The number of fused-ring (bicyclic) bond motifs is 1. The van der Waals surface area contributed by atoms with Crippen LogP contribution in [-0.2, 0) is 0 Å². The molecule has 0 aliphatic heterocycles. The van der Waals surface area contributed by atoms with Gasteiger partial charge in [0.1, 0.15) is 5.82 Å². The van der Waals surface area contributed by atoms with Crippen LogP contribution in [0, 0.1) is 0 Å². The van der Waals surface area contributed by atoms with Crippen molar-refractivity contribution in [1.82, 2.24) is 10.3 Å². The molecule has 0 aliphatic carbocycles. The fourth-order valence-electron chi connectivity index (χ4n) is 2.18. The number of nitrogens with one attached hydrogen (secondary N) is 2. The molecule has 0 radical (unpaired) electrons. The fraction of sp³-hybridized carbons (Fsp3) is 0.438. The second kappa shape index (κ2) is 7.13. The molecule has 1 heterocycles. The van der Waals surface area contributed by atoms with Crippen LogP contribution in [0.25, 0.3) is 10.8 Å². The van der Waals surface area contributed by atoms with Crippen LogP contribution in [0.3, 0.4) is 0 Å². The number of anilines is 1. The van der Waals surface area contributed by atoms with Crippen LogP contribution < -0.4 is 20.1 Å². The predicted molar refractivity (Wildman–Crippen MR) is 86.5 cm³/mol. The first kappa shape index (κ1) is 15.4. The number of methoxy groups -OCH3 is 2. The zero-order chi connectivity index (χ0) is 15.2. The van der Waals surface area contributed by atoms with Crippen LogP contribution in [0.4, 0.5) is 5.82 Å². The second-order valence-corrected chi connectivity index (χ2v) is 5.12. The summed E-state index contributed by atoms with van der Waals surface area (Å²) in [5.41, 5.74) is 0. The standard InChI is InChI=1S/C16H23N3O2/c1-11(2)17-7-8-19-16-13-10-15(21-4)14(20-3)9-12(13)5-6-18-16/h5-6,9-11,17H,7-8H2,1-4H3,(H,18,19). The normalized spacial score (nSPS) is 10.9. The van der Waals surface area contributed by atoms with Gasteiger partial charge in [-0.05, 0) is 23.6 Å².